The lowest BCUT2D eigenvalue weighted by Crippen LogP contribution is -2.24. The maximum atomic E-state index is 11.3. The van der Waals surface area contributed by atoms with E-state index in [1.54, 1.807) is 6.92 Å². The Balaban J connectivity index is 0.000000343. The van der Waals surface area contributed by atoms with Crippen molar-refractivity contribution in [2.75, 3.05) is 37.8 Å². The average Bonchev–Trinajstić information content (AvgIpc) is 2.73. The first-order valence-electron chi connectivity index (χ1n) is 12.1. The van der Waals surface area contributed by atoms with Crippen LogP contribution in [-0.4, -0.2) is 49.1 Å². The first-order valence-corrected chi connectivity index (χ1v) is 12.1. The Labute approximate surface area is 195 Å². The lowest BCUT2D eigenvalue weighted by atomic mass is 9.76. The molecule has 1 atom stereocenters. The molecule has 0 radical (unpaired) electrons. The summed E-state index contributed by atoms with van der Waals surface area (Å²) in [4.78, 5) is 24.1. The fourth-order valence-electron chi connectivity index (χ4n) is 4.38. The minimum Gasteiger partial charge on any atom is -0.481 e. The molecule has 0 aromatic heterocycles. The number of rotatable bonds is 9. The maximum Gasteiger partial charge on any atom is 0.306 e. The Kier molecular flexibility index (Phi) is 12.4. The van der Waals surface area contributed by atoms with Gasteiger partial charge < -0.3 is 20.6 Å². The molecule has 1 aliphatic carbocycles. The van der Waals surface area contributed by atoms with E-state index in [-0.39, 0.29) is 11.8 Å². The van der Waals surface area contributed by atoms with Crippen molar-refractivity contribution in [2.45, 2.75) is 73.1 Å². The lowest BCUT2D eigenvalue weighted by Gasteiger charge is -2.29. The molecule has 6 heteroatoms. The van der Waals surface area contributed by atoms with Crippen LogP contribution in [-0.2, 0) is 16.0 Å². The molecule has 1 fully saturated rings. The van der Waals surface area contributed by atoms with Crippen LogP contribution < -0.4 is 10.6 Å². The standard InChI is InChI=1S/C15H25N3O.C11H20O2/c1-6-14-11(2)9-13(16-7-8-18(4)5)10-15(14)17-12(3)19;1-3-8(2)9-4-6-10(7-5-9)11(12)13/h9-10,16H,6-8H2,1-5H3,(H,17,19);8-10H,3-7H2,1-2H3,(H,12,13). The molecule has 0 aliphatic heterocycles. The van der Waals surface area contributed by atoms with Crippen LogP contribution in [0.25, 0.3) is 0 Å². The molecule has 182 valence electrons. The summed E-state index contributed by atoms with van der Waals surface area (Å²) in [7, 11) is 4.10. The van der Waals surface area contributed by atoms with Crippen LogP contribution >= 0.6 is 0 Å². The van der Waals surface area contributed by atoms with Gasteiger partial charge >= 0.3 is 5.97 Å². The zero-order chi connectivity index (χ0) is 24.3. The van der Waals surface area contributed by atoms with E-state index in [1.165, 1.54) is 17.5 Å². The number of aryl methyl sites for hydroxylation is 1. The monoisotopic (exact) mass is 447 g/mol. The molecule has 0 saturated heterocycles. The van der Waals surface area contributed by atoms with Crippen LogP contribution in [0.5, 0.6) is 0 Å². The molecule has 1 unspecified atom stereocenters. The summed E-state index contributed by atoms with van der Waals surface area (Å²) in [5.41, 5.74) is 4.39. The van der Waals surface area contributed by atoms with Crippen molar-refractivity contribution < 1.29 is 14.7 Å². The van der Waals surface area contributed by atoms with E-state index >= 15 is 0 Å². The molecule has 6 nitrogen and oxygen atoms in total. The van der Waals surface area contributed by atoms with Gasteiger partial charge in [-0.05, 0) is 88.2 Å². The first kappa shape index (κ1) is 28.0. The number of carboxylic acids is 1. The molecule has 1 aromatic rings. The van der Waals surface area contributed by atoms with Crippen LogP contribution in [0.4, 0.5) is 11.4 Å². The van der Waals surface area contributed by atoms with E-state index < -0.39 is 5.97 Å². The van der Waals surface area contributed by atoms with Gasteiger partial charge in [0.25, 0.3) is 0 Å². The van der Waals surface area contributed by atoms with Gasteiger partial charge in [-0.2, -0.15) is 0 Å². The molecule has 1 amide bonds. The fraction of sp³-hybridized carbons (Fsp3) is 0.692. The Bertz CT molecular complexity index is 725. The van der Waals surface area contributed by atoms with E-state index in [2.05, 4.69) is 63.4 Å². The van der Waals surface area contributed by atoms with E-state index in [0.717, 1.165) is 68.4 Å². The summed E-state index contributed by atoms with van der Waals surface area (Å²) in [6.45, 7) is 12.1. The van der Waals surface area contributed by atoms with Crippen LogP contribution in [0, 0.1) is 24.7 Å². The molecule has 3 N–H and O–H groups in total. The zero-order valence-electron chi connectivity index (χ0n) is 21.3. The highest BCUT2D eigenvalue weighted by Crippen LogP contribution is 2.34. The Hall–Kier alpha value is -2.08. The van der Waals surface area contributed by atoms with Gasteiger partial charge in [-0.25, -0.2) is 0 Å². The number of aliphatic carboxylic acids is 1. The molecule has 0 heterocycles. The predicted molar refractivity (Wildman–Crippen MR) is 134 cm³/mol. The molecular weight excluding hydrogens is 402 g/mol. The van der Waals surface area contributed by atoms with Crippen molar-refractivity contribution in [3.8, 4) is 0 Å². The van der Waals surface area contributed by atoms with E-state index in [9.17, 15) is 9.59 Å². The Morgan fingerprint density at radius 3 is 2.25 bits per heavy atom. The average molecular weight is 448 g/mol. The van der Waals surface area contributed by atoms with Gasteiger partial charge in [-0.3, -0.25) is 9.59 Å². The van der Waals surface area contributed by atoms with E-state index in [0.29, 0.717) is 0 Å². The molecule has 2 rings (SSSR count). The number of amides is 1. The summed E-state index contributed by atoms with van der Waals surface area (Å²) < 4.78 is 0. The van der Waals surface area contributed by atoms with E-state index in [4.69, 9.17) is 5.11 Å². The number of carbonyl (C=O) groups is 2. The summed E-state index contributed by atoms with van der Waals surface area (Å²) >= 11 is 0. The second-order valence-corrected chi connectivity index (χ2v) is 9.42. The number of nitrogens with one attached hydrogen (secondary N) is 2. The number of benzene rings is 1. The third kappa shape index (κ3) is 9.60. The molecule has 0 spiro atoms. The topological polar surface area (TPSA) is 81.7 Å². The lowest BCUT2D eigenvalue weighted by molar-refractivity contribution is -0.143. The first-order chi connectivity index (χ1) is 15.1. The molecule has 0 bridgehead atoms. The largest absolute Gasteiger partial charge is 0.481 e. The quantitative estimate of drug-likeness (QED) is 0.471. The molecule has 1 saturated carbocycles. The van der Waals surface area contributed by atoms with Crippen LogP contribution in [0.15, 0.2) is 12.1 Å². The number of carboxylic acid groups (broad SMARTS) is 1. The number of carbonyl (C=O) groups excluding carboxylic acids is 1. The maximum absolute atomic E-state index is 11.3. The van der Waals surface area contributed by atoms with E-state index in [1.807, 2.05) is 6.07 Å². The number of hydrogen-bond donors (Lipinski definition) is 3. The van der Waals surface area contributed by atoms with Crippen molar-refractivity contribution in [1.29, 1.82) is 0 Å². The fourth-order valence-corrected chi connectivity index (χ4v) is 4.38. The third-order valence-corrected chi connectivity index (χ3v) is 6.60. The molecule has 1 aliphatic rings. The summed E-state index contributed by atoms with van der Waals surface area (Å²) in [5.74, 6) is 0.873. The van der Waals surface area contributed by atoms with Crippen molar-refractivity contribution >= 4 is 23.3 Å². The second kappa shape index (κ2) is 14.1. The smallest absolute Gasteiger partial charge is 0.306 e. The summed E-state index contributed by atoms with van der Waals surface area (Å²) in [6.07, 6.45) is 6.16. The van der Waals surface area contributed by atoms with Crippen LogP contribution in [0.3, 0.4) is 0 Å². The minimum atomic E-state index is -0.595. The third-order valence-electron chi connectivity index (χ3n) is 6.60. The number of anilines is 2. The number of nitrogens with zero attached hydrogens (tertiary/aromatic N) is 1. The van der Waals surface area contributed by atoms with Gasteiger partial charge in [0.15, 0.2) is 0 Å². The molecular formula is C26H45N3O3. The van der Waals surface area contributed by atoms with Crippen molar-refractivity contribution in [1.82, 2.24) is 4.90 Å². The highest BCUT2D eigenvalue weighted by Gasteiger charge is 2.27. The predicted octanol–water partition coefficient (Wildman–Crippen LogP) is 5.41. The summed E-state index contributed by atoms with van der Waals surface area (Å²) in [5, 5.41) is 15.1. The highest BCUT2D eigenvalue weighted by molar-refractivity contribution is 5.90. The number of likely N-dealkylation sites (N-methyl/N-ethyl adjacent to an activating group) is 1. The number of hydrogen-bond acceptors (Lipinski definition) is 4. The van der Waals surface area contributed by atoms with Crippen molar-refractivity contribution in [3.05, 3.63) is 23.3 Å². The van der Waals surface area contributed by atoms with Crippen molar-refractivity contribution in [3.63, 3.8) is 0 Å². The minimum absolute atomic E-state index is 0.0282. The highest BCUT2D eigenvalue weighted by atomic mass is 16.4. The Morgan fingerprint density at radius 1 is 1.16 bits per heavy atom. The van der Waals surface area contributed by atoms with Gasteiger partial charge in [-0.1, -0.05) is 27.2 Å². The SMILES string of the molecule is CCC(C)C1CCC(C(=O)O)CC1.CCc1c(C)cc(NCCN(C)C)cc1NC(C)=O. The Morgan fingerprint density at radius 2 is 1.78 bits per heavy atom. The second-order valence-electron chi connectivity index (χ2n) is 9.42. The normalized spacial score (nSPS) is 19.0. The molecule has 32 heavy (non-hydrogen) atoms. The van der Waals surface area contributed by atoms with Crippen molar-refractivity contribution in [2.24, 2.45) is 17.8 Å². The van der Waals surface area contributed by atoms with Gasteiger partial charge in [0, 0.05) is 31.4 Å². The van der Waals surface area contributed by atoms with Gasteiger partial charge in [0.2, 0.25) is 5.91 Å². The van der Waals surface area contributed by atoms with Gasteiger partial charge in [0.1, 0.15) is 0 Å². The molecule has 1 aromatic carbocycles. The van der Waals surface area contributed by atoms with Gasteiger partial charge in [-0.15, -0.1) is 0 Å². The summed E-state index contributed by atoms with van der Waals surface area (Å²) in [6, 6.07) is 4.16. The van der Waals surface area contributed by atoms with Gasteiger partial charge in [0.05, 0.1) is 5.92 Å². The van der Waals surface area contributed by atoms with Crippen LogP contribution in [0.1, 0.15) is 70.9 Å². The van der Waals surface area contributed by atoms with Crippen LogP contribution in [0.2, 0.25) is 0 Å². The zero-order valence-corrected chi connectivity index (χ0v) is 21.3.